The highest BCUT2D eigenvalue weighted by atomic mass is 14.0. The maximum absolute atomic E-state index is 2.20. The lowest BCUT2D eigenvalue weighted by Crippen LogP contribution is -1.87. The first-order chi connectivity index (χ1) is 4.70. The number of aryl methyl sites for hydroxylation is 1. The topological polar surface area (TPSA) is 0 Å². The third kappa shape index (κ3) is 1.60. The summed E-state index contributed by atoms with van der Waals surface area (Å²) < 4.78 is 0. The zero-order valence-corrected chi connectivity index (χ0v) is 6.81. The number of benzene rings is 1. The van der Waals surface area contributed by atoms with E-state index >= 15 is 0 Å². The summed E-state index contributed by atoms with van der Waals surface area (Å²) >= 11 is 0. The van der Waals surface area contributed by atoms with E-state index in [0.717, 1.165) is 0 Å². The van der Waals surface area contributed by atoms with E-state index in [-0.39, 0.29) is 0 Å². The van der Waals surface area contributed by atoms with E-state index < -0.39 is 0 Å². The van der Waals surface area contributed by atoms with Crippen molar-refractivity contribution in [2.45, 2.75) is 20.8 Å². The van der Waals surface area contributed by atoms with Crippen LogP contribution in [0.4, 0.5) is 0 Å². The Morgan fingerprint density at radius 3 is 2.30 bits per heavy atom. The maximum atomic E-state index is 2.20. The number of rotatable bonds is 1. The third-order valence-corrected chi connectivity index (χ3v) is 1.60. The molecule has 0 aromatic heterocycles. The summed E-state index contributed by atoms with van der Waals surface area (Å²) in [5.74, 6) is 1.38. The molecule has 1 radical (unpaired) electrons. The van der Waals surface area contributed by atoms with E-state index in [4.69, 9.17) is 0 Å². The van der Waals surface area contributed by atoms with E-state index in [1.165, 1.54) is 17.0 Å². The molecule has 0 heteroatoms. The molecule has 0 amide bonds. The van der Waals surface area contributed by atoms with Gasteiger partial charge in [-0.15, -0.1) is 0 Å². The summed E-state index contributed by atoms with van der Waals surface area (Å²) in [6.07, 6.45) is 0. The molecule has 0 spiro atoms. The molecule has 0 saturated carbocycles. The molecule has 0 bridgehead atoms. The molecule has 1 rings (SSSR count). The molecule has 53 valence electrons. The number of hydrogen-bond acceptors (Lipinski definition) is 0. The Hall–Kier alpha value is -0.780. The van der Waals surface area contributed by atoms with Crippen LogP contribution in [-0.4, -0.2) is 0 Å². The quantitative estimate of drug-likeness (QED) is 0.552. The summed E-state index contributed by atoms with van der Waals surface area (Å²) in [4.78, 5) is 0. The van der Waals surface area contributed by atoms with Gasteiger partial charge in [-0.25, -0.2) is 0 Å². The highest BCUT2D eigenvalue weighted by Crippen LogP contribution is 2.13. The third-order valence-electron chi connectivity index (χ3n) is 1.60. The van der Waals surface area contributed by atoms with Gasteiger partial charge in [0.1, 0.15) is 0 Å². The fourth-order valence-electron chi connectivity index (χ4n) is 0.956. The van der Waals surface area contributed by atoms with Crippen LogP contribution in [0.2, 0.25) is 0 Å². The first-order valence-corrected chi connectivity index (χ1v) is 3.57. The van der Waals surface area contributed by atoms with Crippen LogP contribution in [0.5, 0.6) is 0 Å². The Kier molecular flexibility index (Phi) is 2.10. The lowest BCUT2D eigenvalue weighted by atomic mass is 10.0. The first kappa shape index (κ1) is 7.33. The van der Waals surface area contributed by atoms with Crippen LogP contribution in [-0.2, 0) is 0 Å². The zero-order valence-electron chi connectivity index (χ0n) is 6.81. The molecule has 1 aromatic rings. The van der Waals surface area contributed by atoms with Crippen molar-refractivity contribution in [3.63, 3.8) is 0 Å². The number of hydrogen-bond donors (Lipinski definition) is 0. The molecule has 0 saturated heterocycles. The Morgan fingerprint density at radius 1 is 1.20 bits per heavy atom. The largest absolute Gasteiger partial charge is 0.0617 e. The Labute approximate surface area is 62.9 Å². The predicted molar refractivity (Wildman–Crippen MR) is 44.9 cm³/mol. The molecular weight excluding hydrogens is 120 g/mol. The van der Waals surface area contributed by atoms with E-state index in [9.17, 15) is 0 Å². The smallest absolute Gasteiger partial charge is 0.00119 e. The average Bonchev–Trinajstić information content (AvgIpc) is 1.88. The normalized spacial score (nSPS) is 10.4. The molecule has 0 nitrogen and oxygen atoms in total. The second-order valence-corrected chi connectivity index (χ2v) is 2.87. The van der Waals surface area contributed by atoms with Crippen molar-refractivity contribution in [2.75, 3.05) is 0 Å². The molecule has 0 aliphatic carbocycles. The molecule has 1 aromatic carbocycles. The summed E-state index contributed by atoms with van der Waals surface area (Å²) in [7, 11) is 0. The minimum absolute atomic E-state index is 1.33. The lowest BCUT2D eigenvalue weighted by Gasteiger charge is -2.03. The van der Waals surface area contributed by atoms with Crippen molar-refractivity contribution in [2.24, 2.45) is 0 Å². The molecule has 0 heterocycles. The van der Waals surface area contributed by atoms with Crippen LogP contribution >= 0.6 is 0 Å². The summed E-state index contributed by atoms with van der Waals surface area (Å²) in [5, 5.41) is 0. The van der Waals surface area contributed by atoms with Crippen LogP contribution in [0.1, 0.15) is 25.0 Å². The Morgan fingerprint density at radius 2 is 1.90 bits per heavy atom. The van der Waals surface area contributed by atoms with Gasteiger partial charge in [-0.1, -0.05) is 43.7 Å². The van der Waals surface area contributed by atoms with Gasteiger partial charge in [-0.3, -0.25) is 0 Å². The fourth-order valence-corrected chi connectivity index (χ4v) is 0.956. The van der Waals surface area contributed by atoms with Crippen molar-refractivity contribution in [3.05, 3.63) is 41.3 Å². The molecule has 0 unspecified atom stereocenters. The molecule has 0 atom stereocenters. The zero-order chi connectivity index (χ0) is 7.56. The van der Waals surface area contributed by atoms with E-state index in [2.05, 4.69) is 45.0 Å². The molecule has 0 N–H and O–H groups in total. The minimum atomic E-state index is 1.33. The van der Waals surface area contributed by atoms with Crippen LogP contribution in [0.3, 0.4) is 0 Å². The molecule has 0 fully saturated rings. The van der Waals surface area contributed by atoms with Crippen molar-refractivity contribution < 1.29 is 0 Å². The Bertz CT molecular complexity index is 211. The second-order valence-electron chi connectivity index (χ2n) is 2.87. The van der Waals surface area contributed by atoms with Gasteiger partial charge in [-0.05, 0) is 18.4 Å². The monoisotopic (exact) mass is 133 g/mol. The molecule has 0 aliphatic rings. The minimum Gasteiger partial charge on any atom is -0.0617 e. The highest BCUT2D eigenvalue weighted by molar-refractivity contribution is 5.31. The van der Waals surface area contributed by atoms with Crippen LogP contribution in [0.25, 0.3) is 0 Å². The second kappa shape index (κ2) is 2.87. The van der Waals surface area contributed by atoms with E-state index in [0.29, 0.717) is 0 Å². The van der Waals surface area contributed by atoms with Gasteiger partial charge in [0, 0.05) is 0 Å². The van der Waals surface area contributed by atoms with E-state index in [1.807, 2.05) is 0 Å². The van der Waals surface area contributed by atoms with Gasteiger partial charge in [0.15, 0.2) is 0 Å². The standard InChI is InChI=1S/C10H13/c1-8(2)10-6-4-5-9(3)7-10/h4-7H,1-3H3. The highest BCUT2D eigenvalue weighted by Gasteiger charge is 1.96. The van der Waals surface area contributed by atoms with Gasteiger partial charge < -0.3 is 0 Å². The van der Waals surface area contributed by atoms with Gasteiger partial charge in [0.25, 0.3) is 0 Å². The van der Waals surface area contributed by atoms with E-state index in [1.54, 1.807) is 0 Å². The van der Waals surface area contributed by atoms with Crippen molar-refractivity contribution in [1.29, 1.82) is 0 Å². The van der Waals surface area contributed by atoms with Gasteiger partial charge in [0.05, 0.1) is 0 Å². The summed E-state index contributed by atoms with van der Waals surface area (Å²) in [5.41, 5.74) is 2.68. The first-order valence-electron chi connectivity index (χ1n) is 3.57. The summed E-state index contributed by atoms with van der Waals surface area (Å²) in [6.45, 7) is 6.38. The van der Waals surface area contributed by atoms with Crippen LogP contribution < -0.4 is 0 Å². The molecular formula is C10H13. The van der Waals surface area contributed by atoms with Crippen molar-refractivity contribution in [3.8, 4) is 0 Å². The lowest BCUT2D eigenvalue weighted by molar-refractivity contribution is 1.14. The van der Waals surface area contributed by atoms with Crippen LogP contribution in [0.15, 0.2) is 24.3 Å². The van der Waals surface area contributed by atoms with Gasteiger partial charge in [-0.2, -0.15) is 0 Å². The molecule has 10 heavy (non-hydrogen) atoms. The average molecular weight is 133 g/mol. The van der Waals surface area contributed by atoms with Gasteiger partial charge >= 0.3 is 0 Å². The molecule has 0 aliphatic heterocycles. The van der Waals surface area contributed by atoms with Gasteiger partial charge in [0.2, 0.25) is 0 Å². The van der Waals surface area contributed by atoms with Crippen molar-refractivity contribution in [1.82, 2.24) is 0 Å². The fraction of sp³-hybridized carbons (Fsp3) is 0.300. The van der Waals surface area contributed by atoms with Crippen molar-refractivity contribution >= 4 is 0 Å². The maximum Gasteiger partial charge on any atom is -0.00119 e. The summed E-state index contributed by atoms with van der Waals surface area (Å²) in [6, 6.07) is 8.56. The SMILES string of the molecule is C[C](C)c1cccc(C)c1. The predicted octanol–water partition coefficient (Wildman–Crippen LogP) is 2.96. The Balaban J connectivity index is 2.96. The van der Waals surface area contributed by atoms with Crippen LogP contribution in [0, 0.1) is 12.8 Å².